The van der Waals surface area contributed by atoms with Crippen molar-refractivity contribution < 1.29 is 14.3 Å². The van der Waals surface area contributed by atoms with Crippen LogP contribution >= 0.6 is 34.5 Å². The lowest BCUT2D eigenvalue weighted by Crippen LogP contribution is -2.13. The van der Waals surface area contributed by atoms with Crippen LogP contribution in [-0.4, -0.2) is 24.3 Å². The number of ether oxygens (including phenoxy) is 2. The minimum Gasteiger partial charge on any atom is -0.493 e. The molecule has 0 atom stereocenters. The third-order valence-corrected chi connectivity index (χ3v) is 6.76. The van der Waals surface area contributed by atoms with Crippen molar-refractivity contribution in [2.75, 3.05) is 12.5 Å². The topological polar surface area (TPSA) is 72.8 Å². The molecule has 0 spiro atoms. The third kappa shape index (κ3) is 6.68. The third-order valence-electron chi connectivity index (χ3n) is 5.46. The van der Waals surface area contributed by atoms with E-state index in [4.69, 9.17) is 32.7 Å². The largest absolute Gasteiger partial charge is 0.493 e. The number of nitrogens with one attached hydrogen (secondary N) is 1. The lowest BCUT2D eigenvalue weighted by molar-refractivity contribution is 0.0729. The Balaban J connectivity index is 1.41. The number of benzene rings is 3. The Hall–Kier alpha value is -3.39. The highest BCUT2D eigenvalue weighted by atomic mass is 35.5. The molecule has 0 amide bonds. The predicted molar refractivity (Wildman–Crippen MR) is 152 cm³/mol. The van der Waals surface area contributed by atoms with Gasteiger partial charge in [0.05, 0.1) is 29.6 Å². The highest BCUT2D eigenvalue weighted by Crippen LogP contribution is 2.33. The van der Waals surface area contributed by atoms with Crippen molar-refractivity contribution in [1.29, 1.82) is 0 Å². The Labute approximate surface area is 229 Å². The van der Waals surface area contributed by atoms with Gasteiger partial charge in [-0.1, -0.05) is 56.1 Å². The zero-order valence-corrected chi connectivity index (χ0v) is 23.0. The molecule has 0 aliphatic heterocycles. The van der Waals surface area contributed by atoms with Crippen molar-refractivity contribution >= 4 is 51.9 Å². The number of methoxy groups -OCH3 is 1. The van der Waals surface area contributed by atoms with E-state index >= 15 is 0 Å². The van der Waals surface area contributed by atoms with Crippen LogP contribution in [0.5, 0.6) is 11.5 Å². The van der Waals surface area contributed by atoms with E-state index in [1.807, 2.05) is 23.6 Å². The fraction of sp³-hybridized carbons (Fsp3) is 0.179. The van der Waals surface area contributed by atoms with Gasteiger partial charge in [-0.25, -0.2) is 9.78 Å². The summed E-state index contributed by atoms with van der Waals surface area (Å²) in [4.78, 5) is 17.2. The Bertz CT molecular complexity index is 1440. The molecule has 6 nitrogen and oxygen atoms in total. The Morgan fingerprint density at radius 3 is 2.46 bits per heavy atom. The SMILES string of the molecule is COc1cc(/C=N\Nc2nc(-c3ccc(Cl)cc3Cl)cs2)ccc1OC(=O)c1ccc(C(C)(C)C)cc1. The van der Waals surface area contributed by atoms with E-state index in [2.05, 4.69) is 36.3 Å². The highest BCUT2D eigenvalue weighted by Gasteiger charge is 2.16. The summed E-state index contributed by atoms with van der Waals surface area (Å²) < 4.78 is 11.0. The van der Waals surface area contributed by atoms with Crippen LogP contribution in [0.25, 0.3) is 11.3 Å². The normalized spacial score (nSPS) is 11.5. The van der Waals surface area contributed by atoms with Gasteiger partial charge in [0, 0.05) is 16.0 Å². The first-order valence-electron chi connectivity index (χ1n) is 11.3. The smallest absolute Gasteiger partial charge is 0.343 e. The number of halogens is 2. The molecule has 4 aromatic rings. The summed E-state index contributed by atoms with van der Waals surface area (Å²) in [7, 11) is 1.52. The molecule has 0 radical (unpaired) electrons. The maximum Gasteiger partial charge on any atom is 0.343 e. The van der Waals surface area contributed by atoms with Crippen molar-refractivity contribution in [2.45, 2.75) is 26.2 Å². The van der Waals surface area contributed by atoms with Crippen LogP contribution in [0.15, 0.2) is 71.1 Å². The van der Waals surface area contributed by atoms with Crippen molar-refractivity contribution in [3.05, 3.63) is 92.8 Å². The summed E-state index contributed by atoms with van der Waals surface area (Å²) in [6.07, 6.45) is 1.62. The second-order valence-electron chi connectivity index (χ2n) is 9.16. The minimum absolute atomic E-state index is 0.00413. The molecule has 0 saturated carbocycles. The lowest BCUT2D eigenvalue weighted by Gasteiger charge is -2.19. The zero-order valence-electron chi connectivity index (χ0n) is 20.7. The standard InChI is InChI=1S/C28H25Cl2N3O3S/c1-28(2,3)19-8-6-18(7-9-19)26(34)36-24-12-5-17(13-25(24)35-4)15-31-33-27-32-23(16-37-27)21-11-10-20(29)14-22(21)30/h5-16H,1-4H3,(H,32,33)/b31-15-. The van der Waals surface area contributed by atoms with Crippen molar-refractivity contribution in [2.24, 2.45) is 5.10 Å². The molecule has 0 saturated heterocycles. The van der Waals surface area contributed by atoms with Gasteiger partial charge in [-0.2, -0.15) is 5.10 Å². The molecular weight excluding hydrogens is 529 g/mol. The van der Waals surface area contributed by atoms with Crippen molar-refractivity contribution in [1.82, 2.24) is 4.98 Å². The molecule has 37 heavy (non-hydrogen) atoms. The first-order chi connectivity index (χ1) is 17.6. The quantitative estimate of drug-likeness (QED) is 0.108. The van der Waals surface area contributed by atoms with Gasteiger partial charge in [0.25, 0.3) is 0 Å². The molecule has 0 aliphatic rings. The average molecular weight is 554 g/mol. The number of hydrogen-bond donors (Lipinski definition) is 1. The summed E-state index contributed by atoms with van der Waals surface area (Å²) in [5, 5.41) is 7.84. The van der Waals surface area contributed by atoms with E-state index in [9.17, 15) is 4.79 Å². The number of carbonyl (C=O) groups is 1. The molecule has 1 N–H and O–H groups in total. The zero-order chi connectivity index (χ0) is 26.6. The number of hydrazone groups is 1. The fourth-order valence-corrected chi connectivity index (χ4v) is 4.59. The molecule has 0 bridgehead atoms. The van der Waals surface area contributed by atoms with Crippen molar-refractivity contribution in [3.8, 4) is 22.8 Å². The molecule has 1 aromatic heterocycles. The first-order valence-corrected chi connectivity index (χ1v) is 13.0. The van der Waals surface area contributed by atoms with Crippen LogP contribution in [0.1, 0.15) is 42.3 Å². The van der Waals surface area contributed by atoms with Crippen molar-refractivity contribution in [3.63, 3.8) is 0 Å². The molecule has 0 unspecified atom stereocenters. The van der Waals surface area contributed by atoms with Crippen LogP contribution in [0.4, 0.5) is 5.13 Å². The van der Waals surface area contributed by atoms with Gasteiger partial charge in [-0.15, -0.1) is 11.3 Å². The van der Waals surface area contributed by atoms with E-state index < -0.39 is 5.97 Å². The molecule has 9 heteroatoms. The number of hydrogen-bond acceptors (Lipinski definition) is 7. The van der Waals surface area contributed by atoms with Gasteiger partial charge < -0.3 is 9.47 Å². The number of aromatic nitrogens is 1. The highest BCUT2D eigenvalue weighted by molar-refractivity contribution is 7.14. The summed E-state index contributed by atoms with van der Waals surface area (Å²) in [5.41, 5.74) is 6.79. The van der Waals surface area contributed by atoms with Crippen LogP contribution in [-0.2, 0) is 5.41 Å². The first kappa shape index (κ1) is 26.7. The molecule has 0 aliphatic carbocycles. The number of nitrogens with zero attached hydrogens (tertiary/aromatic N) is 2. The van der Waals surface area contributed by atoms with Crippen LogP contribution in [0.2, 0.25) is 10.0 Å². The number of anilines is 1. The summed E-state index contributed by atoms with van der Waals surface area (Å²) in [6.45, 7) is 6.37. The van der Waals surface area contributed by atoms with E-state index in [1.165, 1.54) is 18.4 Å². The lowest BCUT2D eigenvalue weighted by atomic mass is 9.87. The van der Waals surface area contributed by atoms with E-state index in [-0.39, 0.29) is 5.41 Å². The predicted octanol–water partition coefficient (Wildman–Crippen LogP) is 8.09. The molecule has 190 valence electrons. The maximum atomic E-state index is 12.7. The second-order valence-corrected chi connectivity index (χ2v) is 10.9. The fourth-order valence-electron chi connectivity index (χ4n) is 3.42. The van der Waals surface area contributed by atoms with Gasteiger partial charge >= 0.3 is 5.97 Å². The van der Waals surface area contributed by atoms with Gasteiger partial charge in [-0.3, -0.25) is 5.43 Å². The summed E-state index contributed by atoms with van der Waals surface area (Å²) in [5.74, 6) is 0.279. The van der Waals surface area contributed by atoms with E-state index in [0.717, 1.165) is 22.4 Å². The molecule has 4 rings (SSSR count). The van der Waals surface area contributed by atoms with Crippen LogP contribution in [0.3, 0.4) is 0 Å². The summed E-state index contributed by atoms with van der Waals surface area (Å²) >= 11 is 13.6. The molecule has 3 aromatic carbocycles. The Morgan fingerprint density at radius 2 is 1.78 bits per heavy atom. The van der Waals surface area contributed by atoms with Gasteiger partial charge in [0.1, 0.15) is 0 Å². The molecular formula is C28H25Cl2N3O3S. The number of carbonyl (C=O) groups excluding carboxylic acids is 1. The van der Waals surface area contributed by atoms with Gasteiger partial charge in [0.2, 0.25) is 5.13 Å². The number of esters is 1. The number of rotatable bonds is 7. The Kier molecular flexibility index (Phi) is 8.17. The van der Waals surface area contributed by atoms with Crippen LogP contribution in [0, 0.1) is 0 Å². The van der Waals surface area contributed by atoms with Crippen LogP contribution < -0.4 is 14.9 Å². The second kappa shape index (κ2) is 11.3. The van der Waals surface area contributed by atoms with E-state index in [0.29, 0.717) is 32.2 Å². The Morgan fingerprint density at radius 1 is 1.03 bits per heavy atom. The average Bonchev–Trinajstić information content (AvgIpc) is 3.33. The minimum atomic E-state index is -0.456. The molecule has 0 fully saturated rings. The molecule has 1 heterocycles. The monoisotopic (exact) mass is 553 g/mol. The van der Waals surface area contributed by atoms with Gasteiger partial charge in [0.15, 0.2) is 11.5 Å². The van der Waals surface area contributed by atoms with E-state index in [1.54, 1.807) is 48.7 Å². The number of thiazole rings is 1. The van der Waals surface area contributed by atoms with Gasteiger partial charge in [-0.05, 0) is 65.1 Å². The maximum absolute atomic E-state index is 12.7. The summed E-state index contributed by atoms with van der Waals surface area (Å²) in [6, 6.07) is 17.9.